The van der Waals surface area contributed by atoms with Crippen molar-refractivity contribution in [1.29, 1.82) is 0 Å². The predicted molar refractivity (Wildman–Crippen MR) is 103 cm³/mol. The Morgan fingerprint density at radius 3 is 2.62 bits per heavy atom. The van der Waals surface area contributed by atoms with Gasteiger partial charge in [-0.25, -0.2) is 4.98 Å². The van der Waals surface area contributed by atoms with Gasteiger partial charge in [-0.2, -0.15) is 0 Å². The van der Waals surface area contributed by atoms with E-state index in [9.17, 15) is 4.79 Å². The Morgan fingerprint density at radius 1 is 1.15 bits per heavy atom. The molecule has 0 aliphatic rings. The van der Waals surface area contributed by atoms with Gasteiger partial charge in [0.15, 0.2) is 0 Å². The Kier molecular flexibility index (Phi) is 6.33. The number of benzene rings is 2. The van der Waals surface area contributed by atoms with Gasteiger partial charge in [0.05, 0.1) is 0 Å². The molecule has 0 bridgehead atoms. The standard InChI is InChI=1S/C20H21N3O2S/c1-23-13-11-21-19(23)15-25-17-9-7-16(8-10-17)20(24)22-12-14-26-18-5-3-2-4-6-18/h2-11,13H,12,14-15H2,1H3,(H,22,24). The van der Waals surface area contributed by atoms with Gasteiger partial charge in [-0.15, -0.1) is 11.8 Å². The van der Waals surface area contributed by atoms with E-state index in [2.05, 4.69) is 22.4 Å². The summed E-state index contributed by atoms with van der Waals surface area (Å²) in [6.07, 6.45) is 3.62. The van der Waals surface area contributed by atoms with Gasteiger partial charge in [-0.05, 0) is 36.4 Å². The van der Waals surface area contributed by atoms with Crippen molar-refractivity contribution in [3.05, 3.63) is 78.4 Å². The van der Waals surface area contributed by atoms with Gasteiger partial charge < -0.3 is 14.6 Å². The minimum absolute atomic E-state index is 0.0747. The molecule has 3 aromatic rings. The molecule has 2 aromatic carbocycles. The third kappa shape index (κ3) is 5.13. The van der Waals surface area contributed by atoms with E-state index >= 15 is 0 Å². The summed E-state index contributed by atoms with van der Waals surface area (Å²) in [5, 5.41) is 2.94. The Hall–Kier alpha value is -2.73. The van der Waals surface area contributed by atoms with Crippen LogP contribution >= 0.6 is 11.8 Å². The highest BCUT2D eigenvalue weighted by Gasteiger charge is 2.06. The zero-order valence-electron chi connectivity index (χ0n) is 14.6. The van der Waals surface area contributed by atoms with Crippen LogP contribution in [-0.2, 0) is 13.7 Å². The number of thioether (sulfide) groups is 1. The van der Waals surface area contributed by atoms with Gasteiger partial charge in [0.1, 0.15) is 18.2 Å². The first-order valence-electron chi connectivity index (χ1n) is 8.37. The number of aryl methyl sites for hydroxylation is 1. The molecule has 1 heterocycles. The number of aromatic nitrogens is 2. The van der Waals surface area contributed by atoms with Crippen LogP contribution in [0.5, 0.6) is 5.75 Å². The molecule has 0 unspecified atom stereocenters. The van der Waals surface area contributed by atoms with Crippen molar-refractivity contribution in [3.8, 4) is 5.75 Å². The zero-order valence-corrected chi connectivity index (χ0v) is 15.4. The largest absolute Gasteiger partial charge is 0.486 e. The number of rotatable bonds is 8. The summed E-state index contributed by atoms with van der Waals surface area (Å²) in [4.78, 5) is 17.6. The molecule has 0 spiro atoms. The van der Waals surface area contributed by atoms with Crippen LogP contribution in [0.15, 0.2) is 71.9 Å². The minimum Gasteiger partial charge on any atom is -0.486 e. The summed E-state index contributed by atoms with van der Waals surface area (Å²) in [5.74, 6) is 2.32. The third-order valence-electron chi connectivity index (χ3n) is 3.80. The number of carbonyl (C=O) groups is 1. The Morgan fingerprint density at radius 2 is 1.92 bits per heavy atom. The fraction of sp³-hybridized carbons (Fsp3) is 0.200. The first kappa shape index (κ1) is 18.1. The average Bonchev–Trinajstić information content (AvgIpc) is 3.09. The molecule has 6 heteroatoms. The van der Waals surface area contributed by atoms with Crippen LogP contribution in [0.4, 0.5) is 0 Å². The quantitative estimate of drug-likeness (QED) is 0.489. The molecule has 0 fully saturated rings. The van der Waals surface area contributed by atoms with Gasteiger partial charge in [-0.1, -0.05) is 18.2 Å². The van der Waals surface area contributed by atoms with Crippen molar-refractivity contribution in [2.24, 2.45) is 7.05 Å². The molecule has 0 saturated heterocycles. The molecule has 0 atom stereocenters. The number of ether oxygens (including phenoxy) is 1. The maximum Gasteiger partial charge on any atom is 0.251 e. The lowest BCUT2D eigenvalue weighted by Gasteiger charge is -2.08. The predicted octanol–water partition coefficient (Wildman–Crippen LogP) is 3.52. The maximum atomic E-state index is 12.2. The van der Waals surface area contributed by atoms with E-state index in [4.69, 9.17) is 4.74 Å². The molecule has 0 aliphatic heterocycles. The topological polar surface area (TPSA) is 56.2 Å². The van der Waals surface area contributed by atoms with E-state index in [1.807, 2.05) is 36.0 Å². The van der Waals surface area contributed by atoms with Gasteiger partial charge in [0.25, 0.3) is 5.91 Å². The van der Waals surface area contributed by atoms with Gasteiger partial charge >= 0.3 is 0 Å². The molecule has 1 N–H and O–H groups in total. The molecule has 5 nitrogen and oxygen atoms in total. The van der Waals surface area contributed by atoms with Gasteiger partial charge in [0.2, 0.25) is 0 Å². The molecule has 1 amide bonds. The summed E-state index contributed by atoms with van der Waals surface area (Å²) in [6, 6.07) is 17.3. The second-order valence-electron chi connectivity index (χ2n) is 5.68. The number of amides is 1. The van der Waals surface area contributed by atoms with E-state index in [0.717, 1.165) is 11.6 Å². The molecule has 134 valence electrons. The summed E-state index contributed by atoms with van der Waals surface area (Å²) in [6.45, 7) is 1.02. The van der Waals surface area contributed by atoms with Crippen LogP contribution < -0.4 is 10.1 Å². The summed E-state index contributed by atoms with van der Waals surface area (Å²) < 4.78 is 7.61. The van der Waals surface area contributed by atoms with Gasteiger partial charge in [0, 0.05) is 42.2 Å². The van der Waals surface area contributed by atoms with Crippen LogP contribution in [0.2, 0.25) is 0 Å². The number of nitrogens with one attached hydrogen (secondary N) is 1. The molecule has 0 aliphatic carbocycles. The SMILES string of the molecule is Cn1ccnc1COc1ccc(C(=O)NCCSc2ccccc2)cc1. The van der Waals surface area contributed by atoms with Crippen molar-refractivity contribution < 1.29 is 9.53 Å². The van der Waals surface area contributed by atoms with Crippen LogP contribution in [0.25, 0.3) is 0 Å². The molecular weight excluding hydrogens is 346 g/mol. The van der Waals surface area contributed by atoms with E-state index in [1.54, 1.807) is 42.2 Å². The van der Waals surface area contributed by atoms with E-state index in [0.29, 0.717) is 24.5 Å². The van der Waals surface area contributed by atoms with Crippen LogP contribution in [0, 0.1) is 0 Å². The highest BCUT2D eigenvalue weighted by atomic mass is 32.2. The van der Waals surface area contributed by atoms with Crippen molar-refractivity contribution in [2.75, 3.05) is 12.3 Å². The Bertz CT molecular complexity index is 832. The molecule has 3 rings (SSSR count). The summed E-state index contributed by atoms with van der Waals surface area (Å²) in [7, 11) is 1.93. The highest BCUT2D eigenvalue weighted by Crippen LogP contribution is 2.16. The lowest BCUT2D eigenvalue weighted by molar-refractivity contribution is 0.0956. The maximum absolute atomic E-state index is 12.2. The Balaban J connectivity index is 1.42. The lowest BCUT2D eigenvalue weighted by atomic mass is 10.2. The smallest absolute Gasteiger partial charge is 0.251 e. The van der Waals surface area contributed by atoms with Crippen LogP contribution in [0.3, 0.4) is 0 Å². The first-order chi connectivity index (χ1) is 12.7. The normalized spacial score (nSPS) is 10.5. The highest BCUT2D eigenvalue weighted by molar-refractivity contribution is 7.99. The summed E-state index contributed by atoms with van der Waals surface area (Å²) >= 11 is 1.72. The van der Waals surface area contributed by atoms with Crippen molar-refractivity contribution in [1.82, 2.24) is 14.9 Å². The van der Waals surface area contributed by atoms with Crippen LogP contribution in [-0.4, -0.2) is 27.8 Å². The zero-order chi connectivity index (χ0) is 18.2. The average molecular weight is 367 g/mol. The van der Waals surface area contributed by atoms with E-state index in [-0.39, 0.29) is 5.91 Å². The monoisotopic (exact) mass is 367 g/mol. The van der Waals surface area contributed by atoms with Crippen LogP contribution in [0.1, 0.15) is 16.2 Å². The number of carbonyl (C=O) groups excluding carboxylic acids is 1. The van der Waals surface area contributed by atoms with Gasteiger partial charge in [-0.3, -0.25) is 4.79 Å². The molecular formula is C20H21N3O2S. The molecule has 0 radical (unpaired) electrons. The lowest BCUT2D eigenvalue weighted by Crippen LogP contribution is -2.25. The number of hydrogen-bond acceptors (Lipinski definition) is 4. The molecule has 1 aromatic heterocycles. The van der Waals surface area contributed by atoms with E-state index < -0.39 is 0 Å². The fourth-order valence-corrected chi connectivity index (χ4v) is 3.13. The minimum atomic E-state index is -0.0747. The Labute approximate surface area is 157 Å². The van der Waals surface area contributed by atoms with Crippen molar-refractivity contribution in [2.45, 2.75) is 11.5 Å². The second-order valence-corrected chi connectivity index (χ2v) is 6.85. The molecule has 26 heavy (non-hydrogen) atoms. The number of nitrogens with zero attached hydrogens (tertiary/aromatic N) is 2. The van der Waals surface area contributed by atoms with E-state index in [1.165, 1.54) is 4.90 Å². The van der Waals surface area contributed by atoms with Crippen molar-refractivity contribution in [3.63, 3.8) is 0 Å². The first-order valence-corrected chi connectivity index (χ1v) is 9.36. The number of hydrogen-bond donors (Lipinski definition) is 1. The fourth-order valence-electron chi connectivity index (χ4n) is 2.34. The third-order valence-corrected chi connectivity index (χ3v) is 4.82. The van der Waals surface area contributed by atoms with Crippen molar-refractivity contribution >= 4 is 17.7 Å². The number of imidazole rings is 1. The second kappa shape index (κ2) is 9.10. The summed E-state index contributed by atoms with van der Waals surface area (Å²) in [5.41, 5.74) is 0.624. The molecule has 0 saturated carbocycles.